The smallest absolute Gasteiger partial charge is 0.240 e. The van der Waals surface area contributed by atoms with Crippen LogP contribution in [0.2, 0.25) is 0 Å². The molecule has 13 heavy (non-hydrogen) atoms. The second-order valence-corrected chi connectivity index (χ2v) is 3.45. The maximum absolute atomic E-state index is 11.4. The summed E-state index contributed by atoms with van der Waals surface area (Å²) in [5.74, 6) is -0.154. The van der Waals surface area contributed by atoms with Gasteiger partial charge in [0, 0.05) is 13.7 Å². The van der Waals surface area contributed by atoms with Gasteiger partial charge in [0.05, 0.1) is 12.2 Å². The maximum Gasteiger partial charge on any atom is 0.240 e. The summed E-state index contributed by atoms with van der Waals surface area (Å²) in [6.07, 6.45) is 1.38. The molecule has 1 fully saturated rings. The lowest BCUT2D eigenvalue weighted by Gasteiger charge is -2.12. The summed E-state index contributed by atoms with van der Waals surface area (Å²) in [6.45, 7) is 2.34. The minimum atomic E-state index is -0.715. The average molecular weight is 182 g/mol. The molecule has 1 amide bonds. The molecule has 4 nitrogen and oxygen atoms in total. The molecular formula is C9H14N2O2. The fraction of sp³-hybridized carbons (Fsp3) is 0.778. The van der Waals surface area contributed by atoms with Crippen molar-refractivity contribution in [3.05, 3.63) is 0 Å². The highest BCUT2D eigenvalue weighted by Crippen LogP contribution is 2.44. The van der Waals surface area contributed by atoms with Gasteiger partial charge in [-0.25, -0.2) is 0 Å². The first-order valence-corrected chi connectivity index (χ1v) is 4.37. The van der Waals surface area contributed by atoms with Gasteiger partial charge in [-0.1, -0.05) is 0 Å². The summed E-state index contributed by atoms with van der Waals surface area (Å²) >= 11 is 0. The van der Waals surface area contributed by atoms with Crippen molar-refractivity contribution in [2.45, 2.75) is 25.9 Å². The first-order chi connectivity index (χ1) is 6.14. The van der Waals surface area contributed by atoms with Crippen LogP contribution in [-0.4, -0.2) is 25.7 Å². The molecule has 0 aromatic rings. The fourth-order valence-corrected chi connectivity index (χ4v) is 1.00. The van der Waals surface area contributed by atoms with Crippen LogP contribution in [0.15, 0.2) is 0 Å². The van der Waals surface area contributed by atoms with Crippen LogP contribution in [0, 0.1) is 16.7 Å². The van der Waals surface area contributed by atoms with E-state index >= 15 is 0 Å². The molecular weight excluding hydrogens is 168 g/mol. The van der Waals surface area contributed by atoms with Crippen molar-refractivity contribution in [3.8, 4) is 6.07 Å². The number of ether oxygens (including phenoxy) is 1. The zero-order valence-electron chi connectivity index (χ0n) is 7.96. The summed E-state index contributed by atoms with van der Waals surface area (Å²) < 4.78 is 4.97. The Kier molecular flexibility index (Phi) is 2.89. The van der Waals surface area contributed by atoms with E-state index in [4.69, 9.17) is 10.00 Å². The van der Waals surface area contributed by atoms with E-state index < -0.39 is 5.41 Å². The monoisotopic (exact) mass is 182 g/mol. The van der Waals surface area contributed by atoms with Gasteiger partial charge in [-0.3, -0.25) is 4.79 Å². The molecule has 0 heterocycles. The molecule has 72 valence electrons. The molecule has 4 heteroatoms. The molecule has 1 rings (SSSR count). The number of carbonyl (C=O) groups excluding carboxylic acids is 1. The number of nitrogens with zero attached hydrogens (tertiary/aromatic N) is 1. The third-order valence-electron chi connectivity index (χ3n) is 2.35. The van der Waals surface area contributed by atoms with Crippen LogP contribution in [0.1, 0.15) is 19.8 Å². The van der Waals surface area contributed by atoms with Crippen molar-refractivity contribution in [1.82, 2.24) is 5.32 Å². The predicted octanol–water partition coefficient (Wildman–Crippen LogP) is 0.441. The lowest BCUT2D eigenvalue weighted by atomic mass is 10.1. The van der Waals surface area contributed by atoms with Crippen molar-refractivity contribution in [2.24, 2.45) is 5.41 Å². The Hall–Kier alpha value is -1.08. The molecule has 1 unspecified atom stereocenters. The largest absolute Gasteiger partial charge is 0.380 e. The number of carbonyl (C=O) groups is 1. The van der Waals surface area contributed by atoms with Gasteiger partial charge in [-0.15, -0.1) is 0 Å². The number of nitrogens with one attached hydrogen (secondary N) is 1. The van der Waals surface area contributed by atoms with Gasteiger partial charge >= 0.3 is 0 Å². The van der Waals surface area contributed by atoms with Crippen molar-refractivity contribution in [1.29, 1.82) is 5.26 Å². The van der Waals surface area contributed by atoms with Crippen molar-refractivity contribution in [3.63, 3.8) is 0 Å². The molecule has 0 aromatic carbocycles. The van der Waals surface area contributed by atoms with Gasteiger partial charge in [-0.2, -0.15) is 5.26 Å². The highest BCUT2D eigenvalue weighted by atomic mass is 16.5. The molecule has 0 aliphatic heterocycles. The SMILES string of the molecule is COC(C)CNC(=O)C1(C#N)CC1. The number of amides is 1. The Morgan fingerprint density at radius 1 is 1.77 bits per heavy atom. The van der Waals surface area contributed by atoms with E-state index in [1.807, 2.05) is 13.0 Å². The minimum Gasteiger partial charge on any atom is -0.380 e. The van der Waals surface area contributed by atoms with Crippen LogP contribution >= 0.6 is 0 Å². The normalized spacial score (nSPS) is 20.1. The minimum absolute atomic E-state index is 0.00144. The van der Waals surface area contributed by atoms with Crippen LogP contribution in [0.25, 0.3) is 0 Å². The van der Waals surface area contributed by atoms with Crippen molar-refractivity contribution >= 4 is 5.91 Å². The van der Waals surface area contributed by atoms with Gasteiger partial charge < -0.3 is 10.1 Å². The van der Waals surface area contributed by atoms with E-state index in [-0.39, 0.29) is 12.0 Å². The second kappa shape index (κ2) is 3.75. The van der Waals surface area contributed by atoms with Crippen LogP contribution in [0.5, 0.6) is 0 Å². The summed E-state index contributed by atoms with van der Waals surface area (Å²) in [5.41, 5.74) is -0.715. The molecule has 1 aliphatic carbocycles. The molecule has 1 saturated carbocycles. The first kappa shape index (κ1) is 10.0. The topological polar surface area (TPSA) is 62.1 Å². The number of hydrogen-bond acceptors (Lipinski definition) is 3. The average Bonchev–Trinajstić information content (AvgIpc) is 2.94. The highest BCUT2D eigenvalue weighted by Gasteiger charge is 2.50. The molecule has 1 atom stereocenters. The van der Waals surface area contributed by atoms with E-state index in [0.717, 1.165) is 0 Å². The molecule has 0 saturated heterocycles. The van der Waals surface area contributed by atoms with Crippen molar-refractivity contribution in [2.75, 3.05) is 13.7 Å². The Labute approximate surface area is 77.9 Å². The Balaban J connectivity index is 2.31. The van der Waals surface area contributed by atoms with Crippen LogP contribution in [0.3, 0.4) is 0 Å². The molecule has 1 N–H and O–H groups in total. The third kappa shape index (κ3) is 2.19. The number of nitriles is 1. The van der Waals surface area contributed by atoms with Gasteiger partial charge in [0.25, 0.3) is 0 Å². The number of methoxy groups -OCH3 is 1. The second-order valence-electron chi connectivity index (χ2n) is 3.45. The molecule has 0 radical (unpaired) electrons. The third-order valence-corrected chi connectivity index (χ3v) is 2.35. The van der Waals surface area contributed by atoms with E-state index in [2.05, 4.69) is 5.32 Å². The standard InChI is InChI=1S/C9H14N2O2/c1-7(13-2)5-11-8(12)9(6-10)3-4-9/h7H,3-5H2,1-2H3,(H,11,12). The fourth-order valence-electron chi connectivity index (χ4n) is 1.00. The summed E-state index contributed by atoms with van der Waals surface area (Å²) in [5, 5.41) is 11.4. The Morgan fingerprint density at radius 3 is 2.77 bits per heavy atom. The lowest BCUT2D eigenvalue weighted by molar-refractivity contribution is -0.124. The quantitative estimate of drug-likeness (QED) is 0.686. The lowest BCUT2D eigenvalue weighted by Crippen LogP contribution is -2.36. The molecule has 0 bridgehead atoms. The van der Waals surface area contributed by atoms with Crippen LogP contribution in [0.4, 0.5) is 0 Å². The van der Waals surface area contributed by atoms with Gasteiger partial charge in [0.2, 0.25) is 5.91 Å². The van der Waals surface area contributed by atoms with Gasteiger partial charge in [0.1, 0.15) is 5.41 Å². The summed E-state index contributed by atoms with van der Waals surface area (Å²) in [7, 11) is 1.59. The molecule has 1 aliphatic rings. The first-order valence-electron chi connectivity index (χ1n) is 4.37. The van der Waals surface area contributed by atoms with Crippen molar-refractivity contribution < 1.29 is 9.53 Å². The van der Waals surface area contributed by atoms with E-state index in [9.17, 15) is 4.79 Å². The highest BCUT2D eigenvalue weighted by molar-refractivity contribution is 5.88. The summed E-state index contributed by atoms with van der Waals surface area (Å²) in [4.78, 5) is 11.4. The summed E-state index contributed by atoms with van der Waals surface area (Å²) in [6, 6.07) is 2.04. The van der Waals surface area contributed by atoms with E-state index in [1.54, 1.807) is 7.11 Å². The van der Waals surface area contributed by atoms with E-state index in [1.165, 1.54) is 0 Å². The van der Waals surface area contributed by atoms with E-state index in [0.29, 0.717) is 19.4 Å². The van der Waals surface area contributed by atoms with Crippen LogP contribution < -0.4 is 5.32 Å². The molecule has 0 spiro atoms. The van der Waals surface area contributed by atoms with Gasteiger partial charge in [0.15, 0.2) is 0 Å². The Bertz CT molecular complexity index is 240. The number of rotatable bonds is 4. The van der Waals surface area contributed by atoms with Gasteiger partial charge in [-0.05, 0) is 19.8 Å². The maximum atomic E-state index is 11.4. The predicted molar refractivity (Wildman–Crippen MR) is 46.8 cm³/mol. The number of hydrogen-bond donors (Lipinski definition) is 1. The van der Waals surface area contributed by atoms with Crippen LogP contribution in [-0.2, 0) is 9.53 Å². The molecule has 0 aromatic heterocycles. The zero-order valence-corrected chi connectivity index (χ0v) is 7.96. The zero-order chi connectivity index (χ0) is 9.90. The Morgan fingerprint density at radius 2 is 2.38 bits per heavy atom.